The molecule has 17 heavy (non-hydrogen) atoms. The predicted molar refractivity (Wildman–Crippen MR) is 72.4 cm³/mol. The monoisotopic (exact) mass is 234 g/mol. The van der Waals surface area contributed by atoms with Gasteiger partial charge < -0.3 is 9.47 Å². The van der Waals surface area contributed by atoms with Crippen molar-refractivity contribution in [1.29, 1.82) is 0 Å². The minimum atomic E-state index is 0.548. The molecule has 0 fully saturated rings. The third kappa shape index (κ3) is 4.61. The van der Waals surface area contributed by atoms with Crippen LogP contribution in [0, 0.1) is 12.8 Å². The van der Waals surface area contributed by atoms with Crippen LogP contribution >= 0.6 is 0 Å². The van der Waals surface area contributed by atoms with Gasteiger partial charge in [-0.2, -0.15) is 0 Å². The van der Waals surface area contributed by atoms with Crippen LogP contribution < -0.4 is 4.74 Å². The molecule has 1 atom stereocenters. The van der Waals surface area contributed by atoms with Gasteiger partial charge in [0.25, 0.3) is 0 Å². The predicted octanol–water partition coefficient (Wildman–Crippen LogP) is 3.69. The van der Waals surface area contributed by atoms with Crippen molar-refractivity contribution in [2.24, 2.45) is 5.92 Å². The van der Waals surface area contributed by atoms with Crippen molar-refractivity contribution < 1.29 is 9.47 Å². The molecule has 0 spiro atoms. The van der Waals surface area contributed by atoms with Gasteiger partial charge in [-0.25, -0.2) is 0 Å². The van der Waals surface area contributed by atoms with Gasteiger partial charge in [0.2, 0.25) is 0 Å². The van der Waals surface area contributed by atoms with Crippen LogP contribution in [0.15, 0.2) is 24.3 Å². The Morgan fingerprint density at radius 2 is 2.06 bits per heavy atom. The third-order valence-corrected chi connectivity index (χ3v) is 2.67. The van der Waals surface area contributed by atoms with E-state index in [1.54, 1.807) is 14.2 Å². The summed E-state index contributed by atoms with van der Waals surface area (Å²) < 4.78 is 10.4. The van der Waals surface area contributed by atoms with E-state index in [0.717, 1.165) is 24.3 Å². The average molecular weight is 234 g/mol. The zero-order valence-electron chi connectivity index (χ0n) is 11.2. The summed E-state index contributed by atoms with van der Waals surface area (Å²) in [5.41, 5.74) is 2.38. The Hall–Kier alpha value is -1.28. The smallest absolute Gasteiger partial charge is 0.126 e. The Balaban J connectivity index is 2.66. The van der Waals surface area contributed by atoms with Crippen molar-refractivity contribution in [2.45, 2.75) is 20.3 Å². The average Bonchev–Trinajstić information content (AvgIpc) is 2.30. The van der Waals surface area contributed by atoms with Crippen LogP contribution in [0.25, 0.3) is 6.08 Å². The third-order valence-electron chi connectivity index (χ3n) is 2.67. The second-order valence-corrected chi connectivity index (χ2v) is 4.44. The second-order valence-electron chi connectivity index (χ2n) is 4.44. The molecule has 0 radical (unpaired) electrons. The SMILES string of the molecule is COC[C@H](C)C/C=C/c1cc(C)ccc1OC. The minimum Gasteiger partial charge on any atom is -0.496 e. The Labute approximate surface area is 104 Å². The molecule has 2 nitrogen and oxygen atoms in total. The Morgan fingerprint density at radius 1 is 1.29 bits per heavy atom. The zero-order chi connectivity index (χ0) is 12.7. The molecule has 0 saturated heterocycles. The van der Waals surface area contributed by atoms with E-state index in [-0.39, 0.29) is 0 Å². The topological polar surface area (TPSA) is 18.5 Å². The van der Waals surface area contributed by atoms with Gasteiger partial charge in [-0.15, -0.1) is 0 Å². The lowest BCUT2D eigenvalue weighted by Gasteiger charge is -2.07. The second kappa shape index (κ2) is 7.13. The van der Waals surface area contributed by atoms with Crippen LogP contribution in [-0.2, 0) is 4.74 Å². The molecule has 0 aliphatic heterocycles. The molecule has 0 aliphatic rings. The van der Waals surface area contributed by atoms with Gasteiger partial charge in [-0.3, -0.25) is 0 Å². The van der Waals surface area contributed by atoms with Crippen LogP contribution in [0.2, 0.25) is 0 Å². The van der Waals surface area contributed by atoms with Crippen LogP contribution in [0.1, 0.15) is 24.5 Å². The van der Waals surface area contributed by atoms with Crippen molar-refractivity contribution >= 4 is 6.08 Å². The highest BCUT2D eigenvalue weighted by atomic mass is 16.5. The van der Waals surface area contributed by atoms with Gasteiger partial charge in [0, 0.05) is 19.3 Å². The number of aryl methyl sites for hydroxylation is 1. The molecule has 0 amide bonds. The molecular formula is C15H22O2. The van der Waals surface area contributed by atoms with Gasteiger partial charge in [-0.05, 0) is 31.4 Å². The molecule has 0 aromatic heterocycles. The molecule has 0 aliphatic carbocycles. The van der Waals surface area contributed by atoms with E-state index < -0.39 is 0 Å². The summed E-state index contributed by atoms with van der Waals surface area (Å²) in [5.74, 6) is 1.47. The zero-order valence-corrected chi connectivity index (χ0v) is 11.2. The first-order valence-electron chi connectivity index (χ1n) is 5.97. The van der Waals surface area contributed by atoms with Crippen molar-refractivity contribution in [3.63, 3.8) is 0 Å². The Kier molecular flexibility index (Phi) is 5.78. The molecule has 0 heterocycles. The molecular weight excluding hydrogens is 212 g/mol. The highest BCUT2D eigenvalue weighted by Crippen LogP contribution is 2.21. The lowest BCUT2D eigenvalue weighted by Crippen LogP contribution is -2.01. The van der Waals surface area contributed by atoms with E-state index in [2.05, 4.69) is 38.1 Å². The lowest BCUT2D eigenvalue weighted by atomic mass is 10.1. The normalized spacial score (nSPS) is 12.9. The minimum absolute atomic E-state index is 0.548. The van der Waals surface area contributed by atoms with Crippen molar-refractivity contribution in [2.75, 3.05) is 20.8 Å². The fraction of sp³-hybridized carbons (Fsp3) is 0.467. The molecule has 0 bridgehead atoms. The first-order chi connectivity index (χ1) is 8.17. The van der Waals surface area contributed by atoms with Crippen molar-refractivity contribution in [1.82, 2.24) is 0 Å². The maximum Gasteiger partial charge on any atom is 0.126 e. The molecule has 2 heteroatoms. The van der Waals surface area contributed by atoms with Crippen LogP contribution in [0.3, 0.4) is 0 Å². The lowest BCUT2D eigenvalue weighted by molar-refractivity contribution is 0.161. The van der Waals surface area contributed by atoms with Gasteiger partial charge in [0.05, 0.1) is 7.11 Å². The van der Waals surface area contributed by atoms with Crippen LogP contribution in [-0.4, -0.2) is 20.8 Å². The summed E-state index contributed by atoms with van der Waals surface area (Å²) in [5, 5.41) is 0. The maximum absolute atomic E-state index is 5.33. The van der Waals surface area contributed by atoms with Gasteiger partial charge >= 0.3 is 0 Å². The van der Waals surface area contributed by atoms with E-state index in [4.69, 9.17) is 9.47 Å². The fourth-order valence-electron chi connectivity index (χ4n) is 1.76. The number of rotatable bonds is 6. The van der Waals surface area contributed by atoms with E-state index in [1.165, 1.54) is 5.56 Å². The number of benzene rings is 1. The number of hydrogen-bond acceptors (Lipinski definition) is 2. The quantitative estimate of drug-likeness (QED) is 0.747. The molecule has 1 aromatic carbocycles. The first-order valence-corrected chi connectivity index (χ1v) is 5.97. The molecule has 0 N–H and O–H groups in total. The summed E-state index contributed by atoms with van der Waals surface area (Å²) in [6.07, 6.45) is 5.32. The van der Waals surface area contributed by atoms with E-state index in [1.807, 2.05) is 6.07 Å². The number of ether oxygens (including phenoxy) is 2. The van der Waals surface area contributed by atoms with Crippen LogP contribution in [0.5, 0.6) is 5.75 Å². The molecule has 0 unspecified atom stereocenters. The highest BCUT2D eigenvalue weighted by molar-refractivity contribution is 5.58. The molecule has 94 valence electrons. The largest absolute Gasteiger partial charge is 0.496 e. The van der Waals surface area contributed by atoms with Crippen molar-refractivity contribution in [3.05, 3.63) is 35.4 Å². The summed E-state index contributed by atoms with van der Waals surface area (Å²) >= 11 is 0. The van der Waals surface area contributed by atoms with Gasteiger partial charge in [0.1, 0.15) is 5.75 Å². The maximum atomic E-state index is 5.33. The molecule has 0 saturated carbocycles. The summed E-state index contributed by atoms with van der Waals surface area (Å²) in [7, 11) is 3.44. The van der Waals surface area contributed by atoms with Crippen molar-refractivity contribution in [3.8, 4) is 5.75 Å². The van der Waals surface area contributed by atoms with E-state index >= 15 is 0 Å². The fourth-order valence-corrected chi connectivity index (χ4v) is 1.76. The number of methoxy groups -OCH3 is 2. The van der Waals surface area contributed by atoms with Gasteiger partial charge in [-0.1, -0.05) is 30.7 Å². The van der Waals surface area contributed by atoms with Crippen LogP contribution in [0.4, 0.5) is 0 Å². The Bertz CT molecular complexity index is 369. The summed E-state index contributed by atoms with van der Waals surface area (Å²) in [4.78, 5) is 0. The summed E-state index contributed by atoms with van der Waals surface area (Å²) in [6.45, 7) is 5.07. The Morgan fingerprint density at radius 3 is 2.71 bits per heavy atom. The number of hydrogen-bond donors (Lipinski definition) is 0. The van der Waals surface area contributed by atoms with E-state index in [0.29, 0.717) is 5.92 Å². The highest BCUT2D eigenvalue weighted by Gasteiger charge is 2.00. The summed E-state index contributed by atoms with van der Waals surface area (Å²) in [6, 6.07) is 6.20. The molecule has 1 aromatic rings. The molecule has 1 rings (SSSR count). The van der Waals surface area contributed by atoms with Gasteiger partial charge in [0.15, 0.2) is 0 Å². The van der Waals surface area contributed by atoms with E-state index in [9.17, 15) is 0 Å². The number of allylic oxidation sites excluding steroid dienone is 1. The standard InChI is InChI=1S/C15H22O2/c1-12-8-9-15(17-4)14(10-12)7-5-6-13(2)11-16-3/h5,7-10,13H,6,11H2,1-4H3/b7-5+/t13-/m1/s1. The first kappa shape index (κ1) is 13.8.